The molecule has 1 unspecified atom stereocenters. The highest BCUT2D eigenvalue weighted by atomic mass is 32.1. The van der Waals surface area contributed by atoms with E-state index in [1.165, 1.54) is 17.1 Å². The van der Waals surface area contributed by atoms with E-state index in [0.29, 0.717) is 0 Å². The minimum atomic E-state index is 0.0786. The number of aromatic nitrogens is 2. The first-order valence-corrected chi connectivity index (χ1v) is 6.12. The minimum Gasteiger partial charge on any atom is -0.323 e. The first-order valence-electron chi connectivity index (χ1n) is 4.40. The van der Waals surface area contributed by atoms with E-state index in [4.69, 9.17) is 5.73 Å². The van der Waals surface area contributed by atoms with Gasteiger partial charge in [0.2, 0.25) is 0 Å². The molecule has 0 amide bonds. The number of hydrogen-bond acceptors (Lipinski definition) is 5. The molecular formula is C9H11N3S2. The van der Waals surface area contributed by atoms with Gasteiger partial charge in [0.1, 0.15) is 0 Å². The van der Waals surface area contributed by atoms with E-state index >= 15 is 0 Å². The van der Waals surface area contributed by atoms with Gasteiger partial charge in [-0.2, -0.15) is 11.3 Å². The van der Waals surface area contributed by atoms with Crippen LogP contribution in [0.15, 0.2) is 23.0 Å². The Morgan fingerprint density at radius 2 is 2.43 bits per heavy atom. The molecule has 0 fully saturated rings. The van der Waals surface area contributed by atoms with Crippen LogP contribution < -0.4 is 5.73 Å². The minimum absolute atomic E-state index is 0.0786. The van der Waals surface area contributed by atoms with Crippen LogP contribution in [0.3, 0.4) is 0 Å². The van der Waals surface area contributed by atoms with Gasteiger partial charge in [-0.05, 0) is 46.8 Å². The fraction of sp³-hybridized carbons (Fsp3) is 0.333. The van der Waals surface area contributed by atoms with Crippen molar-refractivity contribution in [1.82, 2.24) is 9.59 Å². The first kappa shape index (κ1) is 9.76. The maximum Gasteiger partial charge on any atom is 0.0669 e. The van der Waals surface area contributed by atoms with Gasteiger partial charge in [0.15, 0.2) is 0 Å². The molecule has 74 valence electrons. The van der Waals surface area contributed by atoms with E-state index < -0.39 is 0 Å². The normalized spacial score (nSPS) is 12.9. The van der Waals surface area contributed by atoms with Crippen LogP contribution in [0.25, 0.3) is 0 Å². The molecule has 0 bridgehead atoms. The molecule has 0 aliphatic carbocycles. The van der Waals surface area contributed by atoms with E-state index in [1.54, 1.807) is 17.5 Å². The molecule has 14 heavy (non-hydrogen) atoms. The van der Waals surface area contributed by atoms with Crippen molar-refractivity contribution in [3.05, 3.63) is 33.5 Å². The molecule has 2 heterocycles. The third-order valence-corrected chi connectivity index (χ3v) is 3.59. The van der Waals surface area contributed by atoms with Gasteiger partial charge in [-0.1, -0.05) is 4.49 Å². The maximum absolute atomic E-state index is 5.99. The molecule has 1 atom stereocenters. The molecule has 0 aliphatic rings. The summed E-state index contributed by atoms with van der Waals surface area (Å²) in [6.07, 6.45) is 3.74. The van der Waals surface area contributed by atoms with E-state index in [9.17, 15) is 0 Å². The molecule has 5 heteroatoms. The van der Waals surface area contributed by atoms with E-state index in [1.807, 2.05) is 0 Å². The van der Waals surface area contributed by atoms with Crippen molar-refractivity contribution >= 4 is 22.9 Å². The fourth-order valence-corrected chi connectivity index (χ4v) is 2.48. The van der Waals surface area contributed by atoms with Gasteiger partial charge in [0, 0.05) is 6.04 Å². The van der Waals surface area contributed by atoms with Gasteiger partial charge in [-0.25, -0.2) is 0 Å². The van der Waals surface area contributed by atoms with Crippen LogP contribution in [0.2, 0.25) is 0 Å². The van der Waals surface area contributed by atoms with Crippen molar-refractivity contribution in [2.24, 2.45) is 5.73 Å². The predicted molar refractivity (Wildman–Crippen MR) is 59.5 cm³/mol. The summed E-state index contributed by atoms with van der Waals surface area (Å²) in [7, 11) is 0. The molecule has 0 radical (unpaired) electrons. The summed E-state index contributed by atoms with van der Waals surface area (Å²) >= 11 is 3.11. The van der Waals surface area contributed by atoms with Crippen molar-refractivity contribution in [3.63, 3.8) is 0 Å². The van der Waals surface area contributed by atoms with Gasteiger partial charge in [-0.15, -0.1) is 5.10 Å². The second-order valence-corrected chi connectivity index (χ2v) is 4.69. The Morgan fingerprint density at radius 1 is 1.50 bits per heavy atom. The van der Waals surface area contributed by atoms with Crippen LogP contribution in [-0.2, 0) is 6.42 Å². The lowest BCUT2D eigenvalue weighted by Gasteiger charge is -2.06. The Kier molecular flexibility index (Phi) is 3.23. The molecule has 2 aromatic rings. The molecule has 0 spiro atoms. The predicted octanol–water partition coefficient (Wildman–Crippen LogP) is 2.23. The van der Waals surface area contributed by atoms with Crippen LogP contribution in [0.1, 0.15) is 22.9 Å². The third kappa shape index (κ3) is 2.37. The highest BCUT2D eigenvalue weighted by Crippen LogP contribution is 2.19. The van der Waals surface area contributed by atoms with Gasteiger partial charge in [0.05, 0.1) is 11.1 Å². The number of aryl methyl sites for hydroxylation is 1. The van der Waals surface area contributed by atoms with Gasteiger partial charge in [0.25, 0.3) is 0 Å². The standard InChI is InChI=1S/C9H11N3S2/c10-8(9-5-11-12-14-9)2-1-7-3-4-13-6-7/h3-6,8H,1-2,10H2. The highest BCUT2D eigenvalue weighted by molar-refractivity contribution is 7.08. The lowest BCUT2D eigenvalue weighted by molar-refractivity contribution is 0.661. The van der Waals surface area contributed by atoms with Crippen LogP contribution in [0.4, 0.5) is 0 Å². The molecule has 2 rings (SSSR count). The average Bonchev–Trinajstić information content (AvgIpc) is 2.87. The topological polar surface area (TPSA) is 51.8 Å². The summed E-state index contributed by atoms with van der Waals surface area (Å²) < 4.78 is 3.80. The Bertz CT molecular complexity index is 355. The highest BCUT2D eigenvalue weighted by Gasteiger charge is 2.08. The van der Waals surface area contributed by atoms with Crippen molar-refractivity contribution in [2.45, 2.75) is 18.9 Å². The number of nitrogens with two attached hydrogens (primary N) is 1. The second-order valence-electron chi connectivity index (χ2n) is 3.10. The average molecular weight is 225 g/mol. The molecule has 0 aromatic carbocycles. The zero-order chi connectivity index (χ0) is 9.80. The molecule has 0 saturated carbocycles. The first-order chi connectivity index (χ1) is 6.86. The summed E-state index contributed by atoms with van der Waals surface area (Å²) in [5.41, 5.74) is 7.35. The summed E-state index contributed by atoms with van der Waals surface area (Å²) in [5, 5.41) is 8.04. The lowest BCUT2D eigenvalue weighted by Crippen LogP contribution is -2.09. The van der Waals surface area contributed by atoms with Crippen molar-refractivity contribution in [1.29, 1.82) is 0 Å². The summed E-state index contributed by atoms with van der Waals surface area (Å²) in [4.78, 5) is 1.07. The van der Waals surface area contributed by atoms with Crippen LogP contribution in [0, 0.1) is 0 Å². The Hall–Kier alpha value is -0.780. The van der Waals surface area contributed by atoms with Crippen LogP contribution in [-0.4, -0.2) is 9.59 Å². The van der Waals surface area contributed by atoms with Gasteiger partial charge >= 0.3 is 0 Å². The largest absolute Gasteiger partial charge is 0.323 e. The summed E-state index contributed by atoms with van der Waals surface area (Å²) in [6, 6.07) is 2.22. The Morgan fingerprint density at radius 3 is 3.07 bits per heavy atom. The summed E-state index contributed by atoms with van der Waals surface area (Å²) in [5.74, 6) is 0. The van der Waals surface area contributed by atoms with Crippen molar-refractivity contribution in [2.75, 3.05) is 0 Å². The molecule has 0 aliphatic heterocycles. The number of thiophene rings is 1. The zero-order valence-electron chi connectivity index (χ0n) is 7.59. The van der Waals surface area contributed by atoms with E-state index in [2.05, 4.69) is 26.4 Å². The zero-order valence-corrected chi connectivity index (χ0v) is 9.22. The fourth-order valence-electron chi connectivity index (χ4n) is 1.24. The molecule has 2 aromatic heterocycles. The third-order valence-electron chi connectivity index (χ3n) is 2.07. The van der Waals surface area contributed by atoms with Gasteiger partial charge in [-0.3, -0.25) is 0 Å². The molecule has 3 nitrogen and oxygen atoms in total. The lowest BCUT2D eigenvalue weighted by atomic mass is 10.1. The summed E-state index contributed by atoms with van der Waals surface area (Å²) in [6.45, 7) is 0. The molecule has 0 saturated heterocycles. The monoisotopic (exact) mass is 225 g/mol. The van der Waals surface area contributed by atoms with Gasteiger partial charge < -0.3 is 5.73 Å². The van der Waals surface area contributed by atoms with Crippen molar-refractivity contribution in [3.8, 4) is 0 Å². The number of nitrogens with zero attached hydrogens (tertiary/aromatic N) is 2. The van der Waals surface area contributed by atoms with Crippen LogP contribution >= 0.6 is 22.9 Å². The SMILES string of the molecule is NC(CCc1ccsc1)c1cnns1. The van der Waals surface area contributed by atoms with Crippen molar-refractivity contribution < 1.29 is 0 Å². The maximum atomic E-state index is 5.99. The quantitative estimate of drug-likeness (QED) is 0.868. The number of rotatable bonds is 4. The van der Waals surface area contributed by atoms with E-state index in [0.717, 1.165) is 17.7 Å². The molecular weight excluding hydrogens is 214 g/mol. The second kappa shape index (κ2) is 4.63. The van der Waals surface area contributed by atoms with E-state index in [-0.39, 0.29) is 6.04 Å². The smallest absolute Gasteiger partial charge is 0.0669 e. The Labute approximate surface area is 90.8 Å². The number of hydrogen-bond donors (Lipinski definition) is 1. The Balaban J connectivity index is 1.87. The molecule has 2 N–H and O–H groups in total. The van der Waals surface area contributed by atoms with Crippen LogP contribution in [0.5, 0.6) is 0 Å².